The molecule has 0 unspecified atom stereocenters. The summed E-state index contributed by atoms with van der Waals surface area (Å²) in [7, 11) is -3.23. The van der Waals surface area contributed by atoms with Crippen LogP contribution in [0.3, 0.4) is 0 Å². The number of sulfone groups is 1. The molecule has 1 aromatic carbocycles. The van der Waals surface area contributed by atoms with Crippen LogP contribution in [-0.2, 0) is 9.84 Å². The maximum Gasteiger partial charge on any atom is 0.225 e. The lowest BCUT2D eigenvalue weighted by Gasteiger charge is -2.35. The Kier molecular flexibility index (Phi) is 4.91. The van der Waals surface area contributed by atoms with Gasteiger partial charge in [-0.2, -0.15) is 0 Å². The first-order valence-corrected chi connectivity index (χ1v) is 10.8. The Bertz CT molecular complexity index is 829. The molecular formula is C19H24N4O2S. The number of nitrogens with zero attached hydrogens (tertiary/aromatic N) is 4. The molecule has 3 fully saturated rings. The van der Waals surface area contributed by atoms with Gasteiger partial charge in [0.1, 0.15) is 0 Å². The van der Waals surface area contributed by atoms with Crippen LogP contribution in [0.1, 0.15) is 12.8 Å². The second-order valence-electron chi connectivity index (χ2n) is 7.18. The van der Waals surface area contributed by atoms with Crippen molar-refractivity contribution in [1.29, 1.82) is 0 Å². The molecule has 0 amide bonds. The third-order valence-electron chi connectivity index (χ3n) is 5.41. The Morgan fingerprint density at radius 2 is 1.73 bits per heavy atom. The Labute approximate surface area is 154 Å². The van der Waals surface area contributed by atoms with Crippen molar-refractivity contribution < 1.29 is 8.42 Å². The molecule has 5 rings (SSSR count). The summed E-state index contributed by atoms with van der Waals surface area (Å²) in [6.45, 7) is 3.36. The topological polar surface area (TPSA) is 66.4 Å². The van der Waals surface area contributed by atoms with Crippen LogP contribution in [0.4, 0.5) is 5.95 Å². The highest BCUT2D eigenvalue weighted by atomic mass is 32.2. The maximum atomic E-state index is 12.6. The molecule has 2 atom stereocenters. The third kappa shape index (κ3) is 3.73. The Morgan fingerprint density at radius 3 is 2.50 bits per heavy atom. The van der Waals surface area contributed by atoms with Crippen LogP contribution in [-0.4, -0.2) is 61.3 Å². The number of piperidine rings is 1. The molecule has 3 aliphatic heterocycles. The molecule has 6 nitrogen and oxygen atoms in total. The zero-order valence-corrected chi connectivity index (χ0v) is 15.6. The highest BCUT2D eigenvalue weighted by Crippen LogP contribution is 2.29. The fraction of sp³-hybridized carbons (Fsp3) is 0.474. The van der Waals surface area contributed by atoms with E-state index < -0.39 is 9.84 Å². The van der Waals surface area contributed by atoms with E-state index in [1.54, 1.807) is 36.7 Å². The van der Waals surface area contributed by atoms with Gasteiger partial charge in [0.25, 0.3) is 0 Å². The lowest BCUT2D eigenvalue weighted by Crippen LogP contribution is -2.45. The number of aromatic nitrogens is 2. The van der Waals surface area contributed by atoms with Crippen molar-refractivity contribution in [1.82, 2.24) is 14.9 Å². The van der Waals surface area contributed by atoms with Gasteiger partial charge in [-0.3, -0.25) is 4.90 Å². The van der Waals surface area contributed by atoms with Crippen LogP contribution in [0, 0.1) is 5.92 Å². The van der Waals surface area contributed by atoms with E-state index in [1.165, 1.54) is 6.42 Å². The number of rotatable bonds is 5. The average Bonchev–Trinajstić information content (AvgIpc) is 3.00. The minimum atomic E-state index is -3.23. The molecule has 0 radical (unpaired) electrons. The second-order valence-corrected chi connectivity index (χ2v) is 9.29. The molecule has 4 heterocycles. The summed E-state index contributed by atoms with van der Waals surface area (Å²) in [5.74, 6) is 1.49. The highest BCUT2D eigenvalue weighted by Gasteiger charge is 2.36. The molecule has 2 aromatic rings. The minimum Gasteiger partial charge on any atom is -0.339 e. The molecule has 26 heavy (non-hydrogen) atoms. The molecular weight excluding hydrogens is 348 g/mol. The monoisotopic (exact) mass is 372 g/mol. The number of benzene rings is 1. The quantitative estimate of drug-likeness (QED) is 0.798. The predicted octanol–water partition coefficient (Wildman–Crippen LogP) is 1.85. The van der Waals surface area contributed by atoms with Crippen molar-refractivity contribution in [2.75, 3.05) is 36.8 Å². The molecule has 0 aliphatic carbocycles. The zero-order valence-electron chi connectivity index (χ0n) is 14.7. The van der Waals surface area contributed by atoms with E-state index in [0.29, 0.717) is 23.4 Å². The van der Waals surface area contributed by atoms with Gasteiger partial charge in [0.05, 0.1) is 10.6 Å². The number of hydrogen-bond acceptors (Lipinski definition) is 6. The normalized spacial score (nSPS) is 23.8. The Hall–Kier alpha value is -1.99. The van der Waals surface area contributed by atoms with Crippen molar-refractivity contribution in [3.8, 4) is 0 Å². The zero-order chi connectivity index (χ0) is 18.0. The van der Waals surface area contributed by atoms with Gasteiger partial charge >= 0.3 is 0 Å². The van der Waals surface area contributed by atoms with Gasteiger partial charge in [-0.15, -0.1) is 0 Å². The molecule has 0 saturated carbocycles. The van der Waals surface area contributed by atoms with E-state index in [0.717, 1.165) is 32.0 Å². The Balaban J connectivity index is 1.44. The van der Waals surface area contributed by atoms with Crippen LogP contribution in [0.2, 0.25) is 0 Å². The molecule has 3 aliphatic rings. The van der Waals surface area contributed by atoms with Gasteiger partial charge in [0.15, 0.2) is 9.84 Å². The first kappa shape index (κ1) is 17.4. The summed E-state index contributed by atoms with van der Waals surface area (Å²) in [6.07, 6.45) is 5.86. The third-order valence-corrected chi connectivity index (χ3v) is 7.12. The van der Waals surface area contributed by atoms with E-state index in [9.17, 15) is 8.42 Å². The highest BCUT2D eigenvalue weighted by molar-refractivity contribution is 7.91. The van der Waals surface area contributed by atoms with E-state index in [2.05, 4.69) is 19.8 Å². The van der Waals surface area contributed by atoms with Crippen molar-refractivity contribution in [2.45, 2.75) is 23.8 Å². The van der Waals surface area contributed by atoms with E-state index in [1.807, 2.05) is 12.1 Å². The van der Waals surface area contributed by atoms with Crippen LogP contribution in [0.5, 0.6) is 0 Å². The van der Waals surface area contributed by atoms with E-state index >= 15 is 0 Å². The molecule has 3 saturated heterocycles. The minimum absolute atomic E-state index is 0.169. The summed E-state index contributed by atoms with van der Waals surface area (Å²) < 4.78 is 25.2. The number of anilines is 1. The van der Waals surface area contributed by atoms with Crippen molar-refractivity contribution in [2.24, 2.45) is 5.92 Å². The summed E-state index contributed by atoms with van der Waals surface area (Å²) in [5, 5.41) is 0. The van der Waals surface area contributed by atoms with Crippen molar-refractivity contribution in [3.63, 3.8) is 0 Å². The summed E-state index contributed by atoms with van der Waals surface area (Å²) in [5.41, 5.74) is 0. The molecule has 138 valence electrons. The predicted molar refractivity (Wildman–Crippen MR) is 101 cm³/mol. The molecule has 1 aromatic heterocycles. The summed E-state index contributed by atoms with van der Waals surface area (Å²) in [6, 6.07) is 10.9. The van der Waals surface area contributed by atoms with E-state index in [4.69, 9.17) is 0 Å². The molecule has 0 N–H and O–H groups in total. The summed E-state index contributed by atoms with van der Waals surface area (Å²) >= 11 is 0. The first-order chi connectivity index (χ1) is 12.6. The van der Waals surface area contributed by atoms with Crippen LogP contribution in [0.25, 0.3) is 0 Å². The van der Waals surface area contributed by atoms with Crippen LogP contribution < -0.4 is 4.90 Å². The maximum absolute atomic E-state index is 12.6. The number of fused-ring (bicyclic) bond motifs is 4. The lowest BCUT2D eigenvalue weighted by molar-refractivity contribution is 0.142. The SMILES string of the molecule is O=S(=O)(CCN1C[C@H]2CC[C@@H]1CN(c1ncccn1)C2)c1ccccc1. The van der Waals surface area contributed by atoms with Gasteiger partial charge in [-0.05, 0) is 37.0 Å². The van der Waals surface area contributed by atoms with Gasteiger partial charge in [-0.25, -0.2) is 18.4 Å². The molecule has 0 spiro atoms. The van der Waals surface area contributed by atoms with Crippen LogP contribution >= 0.6 is 0 Å². The average molecular weight is 372 g/mol. The van der Waals surface area contributed by atoms with Crippen molar-refractivity contribution >= 4 is 15.8 Å². The smallest absolute Gasteiger partial charge is 0.225 e. The number of hydrogen-bond donors (Lipinski definition) is 0. The first-order valence-electron chi connectivity index (χ1n) is 9.16. The molecule has 2 bridgehead atoms. The standard InChI is InChI=1S/C19H24N4O2S/c24-26(25,18-5-2-1-3-6-18)12-11-22-13-16-7-8-17(22)15-23(14-16)19-20-9-4-10-21-19/h1-6,9-10,16-17H,7-8,11-15H2/t16-,17-/m1/s1. The van der Waals surface area contributed by atoms with Gasteiger partial charge < -0.3 is 4.90 Å². The summed E-state index contributed by atoms with van der Waals surface area (Å²) in [4.78, 5) is 13.8. The van der Waals surface area contributed by atoms with Crippen LogP contribution in [0.15, 0.2) is 53.7 Å². The molecule has 7 heteroatoms. The van der Waals surface area contributed by atoms with Crippen molar-refractivity contribution in [3.05, 3.63) is 48.8 Å². The lowest BCUT2D eigenvalue weighted by atomic mass is 9.95. The van der Waals surface area contributed by atoms with Gasteiger partial charge in [-0.1, -0.05) is 18.2 Å². The fourth-order valence-electron chi connectivity index (χ4n) is 4.05. The van der Waals surface area contributed by atoms with Gasteiger partial charge in [0, 0.05) is 44.6 Å². The Morgan fingerprint density at radius 1 is 0.962 bits per heavy atom. The largest absolute Gasteiger partial charge is 0.339 e. The van der Waals surface area contributed by atoms with E-state index in [-0.39, 0.29) is 5.75 Å². The van der Waals surface area contributed by atoms with Gasteiger partial charge in [0.2, 0.25) is 5.95 Å². The fourth-order valence-corrected chi connectivity index (χ4v) is 5.34. The second kappa shape index (κ2) is 7.32.